The van der Waals surface area contributed by atoms with Crippen molar-refractivity contribution in [2.45, 2.75) is 32.5 Å². The van der Waals surface area contributed by atoms with Gasteiger partial charge in [0.2, 0.25) is 0 Å². The number of halogens is 3. The molecule has 1 saturated carbocycles. The van der Waals surface area contributed by atoms with Crippen molar-refractivity contribution in [2.75, 3.05) is 0 Å². The van der Waals surface area contributed by atoms with Gasteiger partial charge in [-0.25, -0.2) is 9.97 Å². The Balaban J connectivity index is 1.59. The van der Waals surface area contributed by atoms with Gasteiger partial charge >= 0.3 is 6.18 Å². The Bertz CT molecular complexity index is 1340. The molecule has 1 aliphatic carbocycles. The Morgan fingerprint density at radius 2 is 2.00 bits per heavy atom. The first kappa shape index (κ1) is 19.3. The quantitative estimate of drug-likeness (QED) is 0.474. The minimum atomic E-state index is -4.24. The number of nitrogens with zero attached hydrogens (tertiary/aromatic N) is 6. The van der Waals surface area contributed by atoms with Crippen molar-refractivity contribution < 1.29 is 13.2 Å². The highest BCUT2D eigenvalue weighted by molar-refractivity contribution is 5.82. The summed E-state index contributed by atoms with van der Waals surface area (Å²) in [6.45, 7) is 1.58. The first-order valence-corrected chi connectivity index (χ1v) is 9.74. The molecule has 4 aromatic rings. The molecule has 1 fully saturated rings. The van der Waals surface area contributed by atoms with Gasteiger partial charge in [-0.2, -0.15) is 23.5 Å². The summed E-state index contributed by atoms with van der Waals surface area (Å²) in [4.78, 5) is 8.84. The summed E-state index contributed by atoms with van der Waals surface area (Å²) in [5.74, 6) is 0. The van der Waals surface area contributed by atoms with Crippen molar-refractivity contribution in [1.29, 1.82) is 5.26 Å². The second-order valence-corrected chi connectivity index (χ2v) is 7.97. The van der Waals surface area contributed by atoms with Gasteiger partial charge in [0.25, 0.3) is 0 Å². The van der Waals surface area contributed by atoms with Crippen molar-refractivity contribution in [2.24, 2.45) is 5.41 Å². The standard InChI is InChI=1S/C22H17F3N6/c1-14-8-17(16-11-28-31(12-16)13-21(3-4-21)22(23,24)25)20(29-18(14)10-26)15-2-6-30-7-5-27-19(30)9-15/h2,5-9,11-12H,3-4,13H2,1H3. The molecular formula is C22H17F3N6. The number of pyridine rings is 2. The minimum absolute atomic E-state index is 0.124. The molecule has 0 aromatic carbocycles. The number of rotatable bonds is 4. The maximum atomic E-state index is 13.3. The van der Waals surface area contributed by atoms with Crippen molar-refractivity contribution in [3.63, 3.8) is 0 Å². The molecule has 6 nitrogen and oxygen atoms in total. The Labute approximate surface area is 175 Å². The Morgan fingerprint density at radius 1 is 1.19 bits per heavy atom. The van der Waals surface area contributed by atoms with Gasteiger partial charge in [0.1, 0.15) is 17.4 Å². The van der Waals surface area contributed by atoms with Crippen LogP contribution in [0.15, 0.2) is 49.2 Å². The summed E-state index contributed by atoms with van der Waals surface area (Å²) < 4.78 is 43.2. The summed E-state index contributed by atoms with van der Waals surface area (Å²) in [6, 6.07) is 7.65. The zero-order chi connectivity index (χ0) is 21.8. The van der Waals surface area contributed by atoms with Gasteiger partial charge in [-0.3, -0.25) is 4.68 Å². The molecule has 156 valence electrons. The van der Waals surface area contributed by atoms with E-state index < -0.39 is 11.6 Å². The second kappa shape index (κ2) is 6.67. The largest absolute Gasteiger partial charge is 0.396 e. The topological polar surface area (TPSA) is 71.8 Å². The summed E-state index contributed by atoms with van der Waals surface area (Å²) in [5, 5.41) is 13.6. The van der Waals surface area contributed by atoms with E-state index in [4.69, 9.17) is 0 Å². The number of aryl methyl sites for hydroxylation is 1. The predicted molar refractivity (Wildman–Crippen MR) is 107 cm³/mol. The first-order valence-electron chi connectivity index (χ1n) is 9.74. The molecule has 4 heterocycles. The molecule has 5 rings (SSSR count). The van der Waals surface area contributed by atoms with Crippen LogP contribution >= 0.6 is 0 Å². The smallest absolute Gasteiger partial charge is 0.307 e. The van der Waals surface area contributed by atoms with Gasteiger partial charge in [0, 0.05) is 41.5 Å². The normalized spacial score (nSPS) is 15.2. The molecule has 0 atom stereocenters. The highest BCUT2D eigenvalue weighted by atomic mass is 19.4. The van der Waals surface area contributed by atoms with Crippen molar-refractivity contribution in [3.8, 4) is 28.5 Å². The maximum absolute atomic E-state index is 13.3. The summed E-state index contributed by atoms with van der Waals surface area (Å²) in [7, 11) is 0. The van der Waals surface area contributed by atoms with E-state index in [1.54, 1.807) is 25.5 Å². The Hall–Kier alpha value is -3.67. The van der Waals surface area contributed by atoms with Gasteiger partial charge in [-0.15, -0.1) is 0 Å². The number of alkyl halides is 3. The monoisotopic (exact) mass is 422 g/mol. The molecule has 1 aliphatic rings. The predicted octanol–water partition coefficient (Wildman–Crippen LogP) is 4.78. The molecule has 0 unspecified atom stereocenters. The fourth-order valence-corrected chi connectivity index (χ4v) is 3.81. The van der Waals surface area contributed by atoms with E-state index >= 15 is 0 Å². The molecule has 0 N–H and O–H groups in total. The molecule has 31 heavy (non-hydrogen) atoms. The van der Waals surface area contributed by atoms with E-state index in [2.05, 4.69) is 21.1 Å². The van der Waals surface area contributed by atoms with E-state index in [1.807, 2.05) is 35.0 Å². The van der Waals surface area contributed by atoms with Crippen LogP contribution in [0.5, 0.6) is 0 Å². The number of hydrogen-bond acceptors (Lipinski definition) is 4. The van der Waals surface area contributed by atoms with Crippen molar-refractivity contribution >= 4 is 5.65 Å². The van der Waals surface area contributed by atoms with Crippen LogP contribution in [0.3, 0.4) is 0 Å². The molecule has 0 spiro atoms. The summed E-state index contributed by atoms with van der Waals surface area (Å²) >= 11 is 0. The van der Waals surface area contributed by atoms with Gasteiger partial charge in [0.15, 0.2) is 0 Å². The Kier molecular flexibility index (Phi) is 4.15. The molecule has 0 aliphatic heterocycles. The maximum Gasteiger partial charge on any atom is 0.396 e. The van der Waals surface area contributed by atoms with Crippen molar-refractivity contribution in [3.05, 3.63) is 60.4 Å². The van der Waals surface area contributed by atoms with Gasteiger partial charge in [-0.1, -0.05) is 0 Å². The molecule has 0 radical (unpaired) electrons. The van der Waals surface area contributed by atoms with Crippen LogP contribution in [0, 0.1) is 23.7 Å². The fourth-order valence-electron chi connectivity index (χ4n) is 3.81. The fraction of sp³-hybridized carbons (Fsp3) is 0.273. The van der Waals surface area contributed by atoms with E-state index in [1.165, 1.54) is 4.68 Å². The van der Waals surface area contributed by atoms with Gasteiger partial charge < -0.3 is 4.40 Å². The molecule has 9 heteroatoms. The number of nitriles is 1. The van der Waals surface area contributed by atoms with E-state index in [9.17, 15) is 18.4 Å². The van der Waals surface area contributed by atoms with Crippen LogP contribution in [-0.4, -0.2) is 30.3 Å². The zero-order valence-electron chi connectivity index (χ0n) is 16.6. The van der Waals surface area contributed by atoms with Crippen LogP contribution in [0.25, 0.3) is 28.0 Å². The van der Waals surface area contributed by atoms with Gasteiger partial charge in [-0.05, 0) is 43.5 Å². The number of aromatic nitrogens is 5. The SMILES string of the molecule is Cc1cc(-c2cnn(CC3(C(F)(F)F)CC3)c2)c(-c2ccn3ccnc3c2)nc1C#N. The third-order valence-corrected chi connectivity index (χ3v) is 5.85. The molecular weight excluding hydrogens is 405 g/mol. The van der Waals surface area contributed by atoms with E-state index in [0.29, 0.717) is 28.1 Å². The summed E-state index contributed by atoms with van der Waals surface area (Å²) in [5.41, 5.74) is 2.70. The van der Waals surface area contributed by atoms with Crippen LogP contribution in [0.2, 0.25) is 0 Å². The number of fused-ring (bicyclic) bond motifs is 1. The second-order valence-electron chi connectivity index (χ2n) is 7.97. The number of imidazole rings is 1. The van der Waals surface area contributed by atoms with Crippen LogP contribution < -0.4 is 0 Å². The highest BCUT2D eigenvalue weighted by Gasteiger charge is 2.63. The van der Waals surface area contributed by atoms with E-state index in [0.717, 1.165) is 11.2 Å². The van der Waals surface area contributed by atoms with Crippen LogP contribution in [0.1, 0.15) is 24.1 Å². The molecule has 0 saturated heterocycles. The molecule has 4 aromatic heterocycles. The van der Waals surface area contributed by atoms with E-state index in [-0.39, 0.29) is 19.4 Å². The summed E-state index contributed by atoms with van der Waals surface area (Å²) in [6.07, 6.45) is 4.52. The molecule has 0 bridgehead atoms. The lowest BCUT2D eigenvalue weighted by Crippen LogP contribution is -2.29. The zero-order valence-corrected chi connectivity index (χ0v) is 16.6. The lowest BCUT2D eigenvalue weighted by Gasteiger charge is -2.18. The third kappa shape index (κ3) is 3.24. The highest BCUT2D eigenvalue weighted by Crippen LogP contribution is 2.58. The van der Waals surface area contributed by atoms with Crippen LogP contribution in [-0.2, 0) is 6.54 Å². The molecule has 0 amide bonds. The lowest BCUT2D eigenvalue weighted by atomic mass is 9.99. The van der Waals surface area contributed by atoms with Crippen LogP contribution in [0.4, 0.5) is 13.2 Å². The Morgan fingerprint density at radius 3 is 2.71 bits per heavy atom. The first-order chi connectivity index (χ1) is 14.8. The number of hydrogen-bond donors (Lipinski definition) is 0. The van der Waals surface area contributed by atoms with Gasteiger partial charge in [0.05, 0.1) is 23.9 Å². The average Bonchev–Trinajstić information content (AvgIpc) is 3.17. The van der Waals surface area contributed by atoms with Crippen molar-refractivity contribution in [1.82, 2.24) is 24.1 Å². The average molecular weight is 422 g/mol. The minimum Gasteiger partial charge on any atom is -0.307 e. The third-order valence-electron chi connectivity index (χ3n) is 5.85. The lowest BCUT2D eigenvalue weighted by molar-refractivity contribution is -0.191.